The van der Waals surface area contributed by atoms with Crippen molar-refractivity contribution < 1.29 is 4.74 Å². The van der Waals surface area contributed by atoms with E-state index in [9.17, 15) is 0 Å². The van der Waals surface area contributed by atoms with Crippen LogP contribution in [0.4, 0.5) is 11.6 Å². The Hall–Kier alpha value is -0.710. The summed E-state index contributed by atoms with van der Waals surface area (Å²) >= 11 is 12.2. The minimum Gasteiger partial charge on any atom is -0.382 e. The number of rotatable bonds is 9. The standard InChI is InChI=1S/C13H21Cl2N3O/c1-3-6-16-12-10(14)9-11(15)13(18-12)17-7-5-8-19-4-2/h9H,3-8H2,1-2H3,(H2,16,17,18). The summed E-state index contributed by atoms with van der Waals surface area (Å²) < 4.78 is 5.27. The minimum atomic E-state index is 0.531. The molecular formula is C13H21Cl2N3O. The fourth-order valence-corrected chi connectivity index (χ4v) is 1.98. The van der Waals surface area contributed by atoms with Crippen molar-refractivity contribution in [3.63, 3.8) is 0 Å². The highest BCUT2D eigenvalue weighted by Crippen LogP contribution is 2.29. The van der Waals surface area contributed by atoms with Crippen LogP contribution in [0, 0.1) is 0 Å². The van der Waals surface area contributed by atoms with E-state index >= 15 is 0 Å². The van der Waals surface area contributed by atoms with Gasteiger partial charge in [0.25, 0.3) is 0 Å². The van der Waals surface area contributed by atoms with Crippen LogP contribution in [-0.2, 0) is 4.74 Å². The van der Waals surface area contributed by atoms with Crippen LogP contribution in [0.25, 0.3) is 0 Å². The molecule has 0 aromatic carbocycles. The van der Waals surface area contributed by atoms with Gasteiger partial charge in [-0.2, -0.15) is 0 Å². The Morgan fingerprint density at radius 2 is 1.74 bits per heavy atom. The predicted molar refractivity (Wildman–Crippen MR) is 82.6 cm³/mol. The summed E-state index contributed by atoms with van der Waals surface area (Å²) in [7, 11) is 0. The second-order valence-corrected chi connectivity index (χ2v) is 4.87. The zero-order valence-electron chi connectivity index (χ0n) is 11.4. The molecule has 0 fully saturated rings. The molecule has 0 amide bonds. The monoisotopic (exact) mass is 305 g/mol. The van der Waals surface area contributed by atoms with Gasteiger partial charge < -0.3 is 15.4 Å². The van der Waals surface area contributed by atoms with Gasteiger partial charge in [0.1, 0.15) is 11.6 Å². The number of pyridine rings is 1. The number of nitrogens with one attached hydrogen (secondary N) is 2. The molecule has 1 aromatic rings. The molecule has 0 unspecified atom stereocenters. The summed E-state index contributed by atoms with van der Waals surface area (Å²) in [5.41, 5.74) is 0. The topological polar surface area (TPSA) is 46.2 Å². The van der Waals surface area contributed by atoms with Crippen molar-refractivity contribution in [3.8, 4) is 0 Å². The maximum atomic E-state index is 6.11. The SMILES string of the molecule is CCCNc1nc(NCCCOCC)c(Cl)cc1Cl. The third-order valence-electron chi connectivity index (χ3n) is 2.43. The Morgan fingerprint density at radius 3 is 2.32 bits per heavy atom. The van der Waals surface area contributed by atoms with Crippen molar-refractivity contribution in [3.05, 3.63) is 16.1 Å². The van der Waals surface area contributed by atoms with E-state index in [4.69, 9.17) is 27.9 Å². The maximum absolute atomic E-state index is 6.11. The van der Waals surface area contributed by atoms with Crippen LogP contribution in [0.5, 0.6) is 0 Å². The molecule has 0 aliphatic heterocycles. The van der Waals surface area contributed by atoms with Crippen LogP contribution in [0.2, 0.25) is 10.0 Å². The van der Waals surface area contributed by atoms with E-state index < -0.39 is 0 Å². The average molecular weight is 306 g/mol. The van der Waals surface area contributed by atoms with E-state index in [0.717, 1.165) is 39.1 Å². The van der Waals surface area contributed by atoms with Gasteiger partial charge in [0, 0.05) is 26.3 Å². The van der Waals surface area contributed by atoms with Gasteiger partial charge in [0.05, 0.1) is 10.0 Å². The molecule has 0 atom stereocenters. The van der Waals surface area contributed by atoms with Crippen molar-refractivity contribution in [2.24, 2.45) is 0 Å². The number of anilines is 2. The lowest BCUT2D eigenvalue weighted by molar-refractivity contribution is 0.147. The highest BCUT2D eigenvalue weighted by atomic mass is 35.5. The van der Waals surface area contributed by atoms with Crippen molar-refractivity contribution in [1.29, 1.82) is 0 Å². The maximum Gasteiger partial charge on any atom is 0.147 e. The van der Waals surface area contributed by atoms with E-state index in [-0.39, 0.29) is 0 Å². The third-order valence-corrected chi connectivity index (χ3v) is 3.01. The smallest absolute Gasteiger partial charge is 0.147 e. The molecule has 6 heteroatoms. The first-order valence-electron chi connectivity index (χ1n) is 6.60. The number of hydrogen-bond donors (Lipinski definition) is 2. The average Bonchev–Trinajstić information content (AvgIpc) is 2.39. The van der Waals surface area contributed by atoms with E-state index in [0.29, 0.717) is 21.7 Å². The number of halogens is 2. The van der Waals surface area contributed by atoms with Crippen molar-refractivity contribution in [2.45, 2.75) is 26.7 Å². The van der Waals surface area contributed by atoms with Gasteiger partial charge in [0.15, 0.2) is 0 Å². The molecule has 0 bridgehead atoms. The van der Waals surface area contributed by atoms with Gasteiger partial charge in [-0.3, -0.25) is 0 Å². The second kappa shape index (κ2) is 9.23. The van der Waals surface area contributed by atoms with Gasteiger partial charge in [-0.25, -0.2) is 4.98 Å². The molecule has 0 radical (unpaired) electrons. The van der Waals surface area contributed by atoms with Crippen LogP contribution in [0.1, 0.15) is 26.7 Å². The molecule has 108 valence electrons. The van der Waals surface area contributed by atoms with Crippen molar-refractivity contribution >= 4 is 34.8 Å². The fourth-order valence-electron chi connectivity index (χ4n) is 1.48. The lowest BCUT2D eigenvalue weighted by atomic mass is 10.4. The van der Waals surface area contributed by atoms with Crippen LogP contribution < -0.4 is 10.6 Å². The number of ether oxygens (including phenoxy) is 1. The highest BCUT2D eigenvalue weighted by molar-refractivity contribution is 6.37. The van der Waals surface area contributed by atoms with Crippen LogP contribution >= 0.6 is 23.2 Å². The van der Waals surface area contributed by atoms with Crippen LogP contribution in [0.15, 0.2) is 6.07 Å². The molecule has 4 nitrogen and oxygen atoms in total. The summed E-state index contributed by atoms with van der Waals surface area (Å²) in [6.45, 7) is 7.14. The molecule has 19 heavy (non-hydrogen) atoms. The summed E-state index contributed by atoms with van der Waals surface area (Å²) in [5.74, 6) is 1.32. The first kappa shape index (κ1) is 16.3. The second-order valence-electron chi connectivity index (χ2n) is 4.05. The molecule has 2 N–H and O–H groups in total. The molecule has 0 saturated heterocycles. The van der Waals surface area contributed by atoms with Crippen molar-refractivity contribution in [2.75, 3.05) is 36.9 Å². The molecular weight excluding hydrogens is 285 g/mol. The van der Waals surface area contributed by atoms with E-state index in [1.165, 1.54) is 0 Å². The number of hydrogen-bond acceptors (Lipinski definition) is 4. The molecule has 0 aliphatic carbocycles. The van der Waals surface area contributed by atoms with Gasteiger partial charge in [0.2, 0.25) is 0 Å². The highest BCUT2D eigenvalue weighted by Gasteiger charge is 2.08. The number of aromatic nitrogens is 1. The van der Waals surface area contributed by atoms with E-state index in [2.05, 4.69) is 22.5 Å². The van der Waals surface area contributed by atoms with Gasteiger partial charge in [-0.15, -0.1) is 0 Å². The summed E-state index contributed by atoms with van der Waals surface area (Å²) in [6.07, 6.45) is 1.92. The van der Waals surface area contributed by atoms with Crippen LogP contribution in [-0.4, -0.2) is 31.3 Å². The van der Waals surface area contributed by atoms with Gasteiger partial charge >= 0.3 is 0 Å². The summed E-state index contributed by atoms with van der Waals surface area (Å²) in [4.78, 5) is 4.40. The Balaban J connectivity index is 2.56. The Bertz CT molecular complexity index is 388. The van der Waals surface area contributed by atoms with E-state index in [1.807, 2.05) is 6.92 Å². The Morgan fingerprint density at radius 1 is 1.11 bits per heavy atom. The number of nitrogens with zero attached hydrogens (tertiary/aromatic N) is 1. The zero-order valence-corrected chi connectivity index (χ0v) is 12.9. The molecule has 0 spiro atoms. The molecule has 1 heterocycles. The summed E-state index contributed by atoms with van der Waals surface area (Å²) in [6, 6.07) is 1.71. The van der Waals surface area contributed by atoms with Gasteiger partial charge in [-0.05, 0) is 25.8 Å². The first-order chi connectivity index (χ1) is 9.19. The predicted octanol–water partition coefficient (Wildman–Crippen LogP) is 4.05. The lowest BCUT2D eigenvalue weighted by Gasteiger charge is -2.12. The third kappa shape index (κ3) is 5.85. The summed E-state index contributed by atoms with van der Waals surface area (Å²) in [5, 5.41) is 7.44. The fraction of sp³-hybridized carbons (Fsp3) is 0.615. The zero-order chi connectivity index (χ0) is 14.1. The first-order valence-corrected chi connectivity index (χ1v) is 7.36. The largest absolute Gasteiger partial charge is 0.382 e. The molecule has 1 rings (SSSR count). The van der Waals surface area contributed by atoms with Crippen molar-refractivity contribution in [1.82, 2.24) is 4.98 Å². The lowest BCUT2D eigenvalue weighted by Crippen LogP contribution is -2.09. The molecule has 0 aliphatic rings. The molecule has 0 saturated carbocycles. The Labute approximate surface area is 124 Å². The Kier molecular flexibility index (Phi) is 7.94. The normalized spacial score (nSPS) is 10.5. The van der Waals surface area contributed by atoms with Gasteiger partial charge in [-0.1, -0.05) is 30.1 Å². The molecule has 1 aromatic heterocycles. The van der Waals surface area contributed by atoms with Crippen LogP contribution in [0.3, 0.4) is 0 Å². The minimum absolute atomic E-state index is 0.531. The quantitative estimate of drug-likeness (QED) is 0.676. The van der Waals surface area contributed by atoms with E-state index in [1.54, 1.807) is 6.07 Å².